The van der Waals surface area contributed by atoms with Crippen molar-refractivity contribution in [1.29, 1.82) is 0 Å². The Kier molecular flexibility index (Phi) is 7.27. The number of hydrogen-bond donors (Lipinski definition) is 2. The Morgan fingerprint density at radius 3 is 2.32 bits per heavy atom. The van der Waals surface area contributed by atoms with Gasteiger partial charge in [-0.15, -0.1) is 0 Å². The monoisotopic (exact) mass is 381 g/mol. The molecule has 0 aliphatic rings. The maximum absolute atomic E-state index is 12.5. The molecular formula is C24H31NO3. The van der Waals surface area contributed by atoms with Gasteiger partial charge in [0.1, 0.15) is 11.5 Å². The van der Waals surface area contributed by atoms with Crippen LogP contribution in [0.15, 0.2) is 36.4 Å². The molecule has 2 aromatic carbocycles. The first kappa shape index (κ1) is 21.5. The Labute approximate surface area is 168 Å². The zero-order valence-electron chi connectivity index (χ0n) is 17.5. The minimum Gasteiger partial charge on any atom is -0.507 e. The Balaban J connectivity index is 2.53. The van der Waals surface area contributed by atoms with E-state index in [1.54, 1.807) is 36.4 Å². The molecule has 0 amide bonds. The molecule has 4 nitrogen and oxygen atoms in total. The van der Waals surface area contributed by atoms with Gasteiger partial charge in [-0.2, -0.15) is 0 Å². The number of ether oxygens (including phenoxy) is 1. The van der Waals surface area contributed by atoms with Gasteiger partial charge in [0.2, 0.25) is 0 Å². The first-order valence-electron chi connectivity index (χ1n) is 9.86. The van der Waals surface area contributed by atoms with Crippen LogP contribution in [0.3, 0.4) is 0 Å². The predicted octanol–water partition coefficient (Wildman–Crippen LogP) is 5.91. The second-order valence-corrected chi connectivity index (χ2v) is 7.62. The van der Waals surface area contributed by atoms with Gasteiger partial charge in [-0.05, 0) is 66.3 Å². The molecule has 3 N–H and O–H groups in total. The molecule has 4 heteroatoms. The maximum Gasteiger partial charge on any atom is 0.185 e. The lowest BCUT2D eigenvalue weighted by Crippen LogP contribution is -2.05. The van der Waals surface area contributed by atoms with Crippen molar-refractivity contribution < 1.29 is 14.6 Å². The van der Waals surface area contributed by atoms with Gasteiger partial charge in [0.25, 0.3) is 0 Å². The third-order valence-corrected chi connectivity index (χ3v) is 4.61. The van der Waals surface area contributed by atoms with Gasteiger partial charge in [0.15, 0.2) is 5.78 Å². The van der Waals surface area contributed by atoms with Crippen molar-refractivity contribution in [3.05, 3.63) is 58.7 Å². The molecule has 0 saturated heterocycles. The van der Waals surface area contributed by atoms with Crippen LogP contribution in [0.5, 0.6) is 11.5 Å². The highest BCUT2D eigenvalue weighted by atomic mass is 16.5. The molecule has 0 radical (unpaired) electrons. The lowest BCUT2D eigenvalue weighted by molar-refractivity contribution is 0.104. The summed E-state index contributed by atoms with van der Waals surface area (Å²) in [6.45, 7) is 10.7. The summed E-state index contributed by atoms with van der Waals surface area (Å²) in [5.74, 6) is 1.08. The van der Waals surface area contributed by atoms with Crippen molar-refractivity contribution in [2.24, 2.45) is 0 Å². The van der Waals surface area contributed by atoms with Gasteiger partial charge >= 0.3 is 0 Å². The van der Waals surface area contributed by atoms with E-state index in [0.717, 1.165) is 23.1 Å². The molecule has 2 rings (SSSR count). The minimum absolute atomic E-state index is 0.0884. The molecule has 28 heavy (non-hydrogen) atoms. The van der Waals surface area contributed by atoms with Gasteiger partial charge in [0.05, 0.1) is 6.61 Å². The molecule has 0 aliphatic carbocycles. The van der Waals surface area contributed by atoms with Crippen LogP contribution < -0.4 is 10.5 Å². The second-order valence-electron chi connectivity index (χ2n) is 7.62. The molecule has 0 aromatic heterocycles. The van der Waals surface area contributed by atoms with Crippen LogP contribution in [0.4, 0.5) is 5.69 Å². The zero-order valence-corrected chi connectivity index (χ0v) is 17.5. The molecule has 2 aromatic rings. The number of carbonyl (C=O) groups is 1. The molecule has 0 fully saturated rings. The van der Waals surface area contributed by atoms with Crippen LogP contribution in [0.2, 0.25) is 0 Å². The van der Waals surface area contributed by atoms with Crippen molar-refractivity contribution in [2.45, 2.75) is 52.9 Å². The average Bonchev–Trinajstić information content (AvgIpc) is 2.64. The van der Waals surface area contributed by atoms with E-state index in [-0.39, 0.29) is 23.4 Å². The van der Waals surface area contributed by atoms with Gasteiger partial charge in [-0.25, -0.2) is 0 Å². The molecule has 150 valence electrons. The van der Waals surface area contributed by atoms with Crippen LogP contribution in [-0.4, -0.2) is 17.5 Å². The maximum atomic E-state index is 12.5. The van der Waals surface area contributed by atoms with Crippen LogP contribution >= 0.6 is 0 Å². The number of nitrogen functional groups attached to an aromatic ring is 1. The molecule has 0 atom stereocenters. The lowest BCUT2D eigenvalue weighted by Gasteiger charge is -2.22. The highest BCUT2D eigenvalue weighted by Crippen LogP contribution is 2.43. The van der Waals surface area contributed by atoms with E-state index in [1.807, 2.05) is 40.7 Å². The van der Waals surface area contributed by atoms with Crippen molar-refractivity contribution in [1.82, 2.24) is 0 Å². The normalized spacial score (nSPS) is 11.5. The smallest absolute Gasteiger partial charge is 0.185 e. The fraction of sp³-hybridized carbons (Fsp3) is 0.375. The Hall–Kier alpha value is -2.75. The van der Waals surface area contributed by atoms with E-state index >= 15 is 0 Å². The number of ketones is 1. The van der Waals surface area contributed by atoms with Gasteiger partial charge in [-0.3, -0.25) is 4.79 Å². The van der Waals surface area contributed by atoms with Crippen LogP contribution in [-0.2, 0) is 0 Å². The fourth-order valence-corrected chi connectivity index (χ4v) is 3.09. The number of aromatic hydroxyl groups is 1. The highest BCUT2D eigenvalue weighted by molar-refractivity contribution is 6.07. The summed E-state index contributed by atoms with van der Waals surface area (Å²) in [4.78, 5) is 12.5. The summed E-state index contributed by atoms with van der Waals surface area (Å²) in [6, 6.07) is 8.78. The molecular weight excluding hydrogens is 350 g/mol. The van der Waals surface area contributed by atoms with E-state index in [1.165, 1.54) is 0 Å². The second kappa shape index (κ2) is 9.45. The number of phenolic OH excluding ortho intramolecular Hbond substituents is 1. The largest absolute Gasteiger partial charge is 0.507 e. The van der Waals surface area contributed by atoms with Crippen LogP contribution in [0, 0.1) is 0 Å². The predicted molar refractivity (Wildman–Crippen MR) is 116 cm³/mol. The van der Waals surface area contributed by atoms with Gasteiger partial charge in [0, 0.05) is 22.4 Å². The quantitative estimate of drug-likeness (QED) is 0.339. The van der Waals surface area contributed by atoms with E-state index in [2.05, 4.69) is 0 Å². The van der Waals surface area contributed by atoms with E-state index in [4.69, 9.17) is 10.5 Å². The topological polar surface area (TPSA) is 72.5 Å². The molecule has 0 aliphatic heterocycles. The van der Waals surface area contributed by atoms with E-state index in [0.29, 0.717) is 23.6 Å². The van der Waals surface area contributed by atoms with E-state index in [9.17, 15) is 9.90 Å². The number of phenols is 1. The third-order valence-electron chi connectivity index (χ3n) is 4.61. The fourth-order valence-electron chi connectivity index (χ4n) is 3.09. The molecule has 0 saturated carbocycles. The SMILES string of the molecule is CCCOc1c(/C=C/C(=O)c2ccc(N)cc2)cc(C(C)C)c(O)c1C(C)C. The Bertz CT molecular complexity index is 849. The molecule has 0 spiro atoms. The van der Waals surface area contributed by atoms with E-state index < -0.39 is 0 Å². The number of hydrogen-bond acceptors (Lipinski definition) is 4. The summed E-state index contributed by atoms with van der Waals surface area (Å²) >= 11 is 0. The first-order chi connectivity index (χ1) is 13.3. The molecule has 0 bridgehead atoms. The summed E-state index contributed by atoms with van der Waals surface area (Å²) in [6.07, 6.45) is 4.18. The Morgan fingerprint density at radius 1 is 1.14 bits per heavy atom. The number of nitrogens with two attached hydrogens (primary N) is 1. The Morgan fingerprint density at radius 2 is 1.79 bits per heavy atom. The number of carbonyl (C=O) groups excluding carboxylic acids is 1. The first-order valence-corrected chi connectivity index (χ1v) is 9.86. The number of allylic oxidation sites excluding steroid dienone is 1. The summed E-state index contributed by atoms with van der Waals surface area (Å²) < 4.78 is 6.01. The third kappa shape index (κ3) is 4.94. The van der Waals surface area contributed by atoms with Gasteiger partial charge in [-0.1, -0.05) is 34.6 Å². The van der Waals surface area contributed by atoms with Crippen molar-refractivity contribution in [2.75, 3.05) is 12.3 Å². The summed E-state index contributed by atoms with van der Waals surface area (Å²) in [5, 5.41) is 10.8. The number of anilines is 1. The van der Waals surface area contributed by atoms with Crippen LogP contribution in [0.1, 0.15) is 79.9 Å². The summed E-state index contributed by atoms with van der Waals surface area (Å²) in [5.41, 5.74) is 9.35. The minimum atomic E-state index is -0.105. The lowest BCUT2D eigenvalue weighted by atomic mass is 9.90. The summed E-state index contributed by atoms with van der Waals surface area (Å²) in [7, 11) is 0. The van der Waals surface area contributed by atoms with Gasteiger partial charge < -0.3 is 15.6 Å². The zero-order chi connectivity index (χ0) is 20.8. The molecule has 0 unspecified atom stereocenters. The van der Waals surface area contributed by atoms with Crippen molar-refractivity contribution >= 4 is 17.5 Å². The van der Waals surface area contributed by atoms with Crippen LogP contribution in [0.25, 0.3) is 6.08 Å². The molecule has 0 heterocycles. The number of rotatable bonds is 8. The van der Waals surface area contributed by atoms with Crippen molar-refractivity contribution in [3.63, 3.8) is 0 Å². The standard InChI is InChI=1S/C24H31NO3/c1-6-13-28-24-18(9-12-21(26)17-7-10-19(25)11-8-17)14-20(15(2)3)23(27)22(24)16(4)5/h7-12,14-16,27H,6,13,25H2,1-5H3/b12-9+. The highest BCUT2D eigenvalue weighted by Gasteiger charge is 2.22. The number of benzene rings is 2. The average molecular weight is 382 g/mol. The van der Waals surface area contributed by atoms with Crippen molar-refractivity contribution in [3.8, 4) is 11.5 Å².